The first-order valence-electron chi connectivity index (χ1n) is 11.9. The number of fused-ring (bicyclic) bond motifs is 5. The van der Waals surface area contributed by atoms with Crippen LogP contribution in [0.5, 0.6) is 5.88 Å². The molecular formula is C24H25F5N6O3. The van der Waals surface area contributed by atoms with Crippen LogP contribution in [0.25, 0.3) is 11.3 Å². The number of carbonyl (C=O) groups excluding carboxylic acids is 2. The number of hydrogen-bond acceptors (Lipinski definition) is 7. The summed E-state index contributed by atoms with van der Waals surface area (Å²) < 4.78 is 78.8. The summed E-state index contributed by atoms with van der Waals surface area (Å²) in [5, 5.41) is 3.90. The number of pyridine rings is 1. The number of halogens is 5. The van der Waals surface area contributed by atoms with E-state index >= 15 is 4.39 Å². The smallest absolute Gasteiger partial charge is 0.417 e. The quantitative estimate of drug-likeness (QED) is 0.176. The van der Waals surface area contributed by atoms with Crippen LogP contribution in [0.2, 0.25) is 0 Å². The van der Waals surface area contributed by atoms with Gasteiger partial charge in [-0.15, -0.1) is 0 Å². The van der Waals surface area contributed by atoms with E-state index in [9.17, 15) is 27.2 Å². The van der Waals surface area contributed by atoms with Crippen molar-refractivity contribution in [3.63, 3.8) is 0 Å². The second-order valence-corrected chi connectivity index (χ2v) is 9.89. The Kier molecular flexibility index (Phi) is 6.02. The molecule has 0 spiro atoms. The van der Waals surface area contributed by atoms with Gasteiger partial charge in [0.15, 0.2) is 5.82 Å². The minimum atomic E-state index is -5.14. The third-order valence-corrected chi connectivity index (χ3v) is 7.42. The Hall–Kier alpha value is -3.52. The molecule has 5 rings (SSSR count). The van der Waals surface area contributed by atoms with E-state index in [4.69, 9.17) is 16.3 Å². The normalized spacial score (nSPS) is 24.4. The summed E-state index contributed by atoms with van der Waals surface area (Å²) in [6, 6.07) is -0.0619. The van der Waals surface area contributed by atoms with E-state index in [1.807, 2.05) is 0 Å². The molecule has 2 fully saturated rings. The monoisotopic (exact) mass is 540 g/mol. The Morgan fingerprint density at radius 3 is 2.58 bits per heavy atom. The Bertz CT molecular complexity index is 1360. The third-order valence-electron chi connectivity index (χ3n) is 7.42. The third kappa shape index (κ3) is 3.85. The molecule has 38 heavy (non-hydrogen) atoms. The van der Waals surface area contributed by atoms with E-state index in [2.05, 4.69) is 10.3 Å². The molecule has 0 aliphatic carbocycles. The highest BCUT2D eigenvalue weighted by molar-refractivity contribution is 6.09. The number of hydrazine groups is 1. The number of nitrogens with zero attached hydrogens (tertiary/aromatic N) is 3. The van der Waals surface area contributed by atoms with Gasteiger partial charge in [0.1, 0.15) is 23.2 Å². The van der Waals surface area contributed by atoms with Crippen molar-refractivity contribution in [2.24, 2.45) is 5.84 Å². The van der Waals surface area contributed by atoms with Crippen molar-refractivity contribution in [2.75, 3.05) is 19.3 Å². The summed E-state index contributed by atoms with van der Waals surface area (Å²) in [6.45, 7) is 2.76. The fourth-order valence-corrected chi connectivity index (χ4v) is 5.78. The Morgan fingerprint density at radius 2 is 1.95 bits per heavy atom. The number of ether oxygens (including phenoxy) is 1. The molecule has 5 N–H and O–H groups in total. The molecule has 2 bridgehead atoms. The van der Waals surface area contributed by atoms with Gasteiger partial charge in [-0.25, -0.2) is 19.6 Å². The van der Waals surface area contributed by atoms with Crippen molar-refractivity contribution >= 4 is 17.5 Å². The number of nitrogen functional groups attached to an aromatic ring is 1. The van der Waals surface area contributed by atoms with Crippen molar-refractivity contribution in [2.45, 2.75) is 57.1 Å². The van der Waals surface area contributed by atoms with Gasteiger partial charge >= 0.3 is 6.18 Å². The number of amides is 2. The number of nitrogens with two attached hydrogens (primary N) is 2. The molecule has 2 aromatic rings. The maximum Gasteiger partial charge on any atom is 0.417 e. The van der Waals surface area contributed by atoms with Crippen molar-refractivity contribution in [3.05, 3.63) is 40.0 Å². The van der Waals surface area contributed by atoms with Crippen LogP contribution < -0.4 is 21.6 Å². The van der Waals surface area contributed by atoms with Crippen LogP contribution in [-0.4, -0.2) is 64.5 Å². The molecule has 0 unspecified atom stereocenters. The molecule has 4 heterocycles. The topological polar surface area (TPSA) is 127 Å². The first kappa shape index (κ1) is 26.1. The van der Waals surface area contributed by atoms with Gasteiger partial charge in [0.25, 0.3) is 11.8 Å². The van der Waals surface area contributed by atoms with Gasteiger partial charge in [0.2, 0.25) is 5.88 Å². The first-order valence-corrected chi connectivity index (χ1v) is 11.9. The van der Waals surface area contributed by atoms with Gasteiger partial charge in [-0.05, 0) is 38.3 Å². The predicted molar refractivity (Wildman–Crippen MR) is 125 cm³/mol. The lowest BCUT2D eigenvalue weighted by Crippen LogP contribution is -2.63. The summed E-state index contributed by atoms with van der Waals surface area (Å²) in [5.74, 6) is 0.267. The predicted octanol–water partition coefficient (Wildman–Crippen LogP) is 2.61. The first-order chi connectivity index (χ1) is 17.7. The highest BCUT2D eigenvalue weighted by atomic mass is 19.4. The molecule has 2 saturated heterocycles. The second-order valence-electron chi connectivity index (χ2n) is 9.89. The zero-order chi connectivity index (χ0) is 27.8. The Morgan fingerprint density at radius 1 is 1.26 bits per heavy atom. The number of alkyl halides is 3. The zero-order valence-electron chi connectivity index (χ0n) is 20.6. The van der Waals surface area contributed by atoms with Crippen LogP contribution in [-0.2, 0) is 6.18 Å². The minimum Gasteiger partial charge on any atom is -0.472 e. The van der Waals surface area contributed by atoms with Crippen molar-refractivity contribution < 1.29 is 36.3 Å². The van der Waals surface area contributed by atoms with Gasteiger partial charge in [-0.1, -0.05) is 0 Å². The van der Waals surface area contributed by atoms with Crippen molar-refractivity contribution in [3.8, 4) is 17.1 Å². The molecule has 9 nitrogen and oxygen atoms in total. The van der Waals surface area contributed by atoms with E-state index in [-0.39, 0.29) is 18.6 Å². The average Bonchev–Trinajstić information content (AvgIpc) is 3.16. The van der Waals surface area contributed by atoms with Crippen molar-refractivity contribution in [1.29, 1.82) is 0 Å². The molecule has 14 heteroatoms. The van der Waals surface area contributed by atoms with Gasteiger partial charge in [-0.2, -0.15) is 13.2 Å². The maximum absolute atomic E-state index is 16.2. The summed E-state index contributed by atoms with van der Waals surface area (Å²) in [7, 11) is 1.09. The molecular weight excluding hydrogens is 515 g/mol. The summed E-state index contributed by atoms with van der Waals surface area (Å²) >= 11 is 0. The molecule has 1 aromatic carbocycles. The van der Waals surface area contributed by atoms with Gasteiger partial charge < -0.3 is 20.7 Å². The average molecular weight is 540 g/mol. The summed E-state index contributed by atoms with van der Waals surface area (Å²) in [6.07, 6.45) is -4.31. The number of carbonyl (C=O) groups is 2. The van der Waals surface area contributed by atoms with E-state index in [0.29, 0.717) is 11.1 Å². The SMILES string of the molecule is Cc1c(F)c(N)cc(-c2nc3c(c(C(=O)N(C)N)c2F)C(=O)N2C[C@H]4CC[C@H](N4)[C@H]2[C@H](C)O3)c1C(F)(F)F. The number of rotatable bonds is 2. The number of benzene rings is 1. The molecule has 0 saturated carbocycles. The van der Waals surface area contributed by atoms with E-state index in [0.717, 1.165) is 26.8 Å². The standard InChI is InChI=1S/C24H25F5N6O3/c1-8-16(24(27,28)29)11(6-12(30)17(8)25)19-18(26)14(22(36)34(3)31)15-21(33-19)38-9(2)20-13-5-4-10(32-13)7-35(20)23(15)37/h6,9-10,13,20,32H,4-5,7,30-31H2,1-3H3/t9-,10+,13-,20+/m0/s1. The molecule has 0 radical (unpaired) electrons. The highest BCUT2D eigenvalue weighted by Crippen LogP contribution is 2.45. The van der Waals surface area contributed by atoms with Crippen LogP contribution in [0, 0.1) is 18.6 Å². The van der Waals surface area contributed by atoms with E-state index in [1.165, 1.54) is 4.90 Å². The fourth-order valence-electron chi connectivity index (χ4n) is 5.78. The molecule has 2 amide bonds. The largest absolute Gasteiger partial charge is 0.472 e. The molecule has 4 atom stereocenters. The number of nitrogens with one attached hydrogen (secondary N) is 1. The number of anilines is 1. The Balaban J connectivity index is 1.82. The molecule has 204 valence electrons. The zero-order valence-corrected chi connectivity index (χ0v) is 20.6. The van der Waals surface area contributed by atoms with Gasteiger partial charge in [-0.3, -0.25) is 14.6 Å². The van der Waals surface area contributed by atoms with Crippen LogP contribution in [0.3, 0.4) is 0 Å². The Labute approximate surface area is 213 Å². The lowest BCUT2D eigenvalue weighted by molar-refractivity contribution is -0.137. The van der Waals surface area contributed by atoms with Gasteiger partial charge in [0, 0.05) is 31.2 Å². The van der Waals surface area contributed by atoms with E-state index < -0.39 is 86.8 Å². The maximum atomic E-state index is 16.2. The van der Waals surface area contributed by atoms with Crippen LogP contribution in [0.15, 0.2) is 6.07 Å². The fraction of sp³-hybridized carbons (Fsp3) is 0.458. The minimum absolute atomic E-state index is 0.0122. The molecule has 3 aliphatic heterocycles. The van der Waals surface area contributed by atoms with Crippen LogP contribution in [0.1, 0.15) is 51.6 Å². The number of hydrogen-bond donors (Lipinski definition) is 3. The lowest BCUT2D eigenvalue weighted by Gasteiger charge is -2.41. The van der Waals surface area contributed by atoms with Crippen LogP contribution >= 0.6 is 0 Å². The van der Waals surface area contributed by atoms with Gasteiger partial charge in [0.05, 0.1) is 22.9 Å². The molecule has 3 aliphatic rings. The summed E-state index contributed by atoms with van der Waals surface area (Å²) in [5.41, 5.74) is -0.805. The number of aromatic nitrogens is 1. The lowest BCUT2D eigenvalue weighted by atomic mass is 9.94. The van der Waals surface area contributed by atoms with Crippen molar-refractivity contribution in [1.82, 2.24) is 20.2 Å². The second kappa shape index (κ2) is 8.76. The molecule has 1 aromatic heterocycles. The van der Waals surface area contributed by atoms with Crippen LogP contribution in [0.4, 0.5) is 27.6 Å². The number of piperazine rings is 1. The van der Waals surface area contributed by atoms with E-state index in [1.54, 1.807) is 6.92 Å². The summed E-state index contributed by atoms with van der Waals surface area (Å²) in [4.78, 5) is 32.4. The highest BCUT2D eigenvalue weighted by Gasteiger charge is 2.50.